The zero-order valence-corrected chi connectivity index (χ0v) is 19.8. The van der Waals surface area contributed by atoms with Crippen LogP contribution in [0.3, 0.4) is 0 Å². The third kappa shape index (κ3) is 4.76. The SMILES string of the molecule is O=C(NCc1ccc2ccncc2c1)c1ccc(C2CC2C(=O)Nc2ccc3cnccc3c2)cc1F. The van der Waals surface area contributed by atoms with Crippen molar-refractivity contribution in [3.05, 3.63) is 114 Å². The number of anilines is 1. The van der Waals surface area contributed by atoms with Gasteiger partial charge >= 0.3 is 0 Å². The number of aromatic nitrogens is 2. The minimum Gasteiger partial charge on any atom is -0.348 e. The smallest absolute Gasteiger partial charge is 0.254 e. The fourth-order valence-corrected chi connectivity index (χ4v) is 4.72. The average Bonchev–Trinajstić information content (AvgIpc) is 3.73. The molecular weight excluding hydrogens is 467 g/mol. The van der Waals surface area contributed by atoms with E-state index in [4.69, 9.17) is 0 Å². The molecule has 0 aliphatic heterocycles. The van der Waals surface area contributed by atoms with Gasteiger partial charge in [-0.05, 0) is 76.7 Å². The van der Waals surface area contributed by atoms with E-state index in [0.717, 1.165) is 38.4 Å². The predicted molar refractivity (Wildman–Crippen MR) is 141 cm³/mol. The number of nitrogens with one attached hydrogen (secondary N) is 2. The molecule has 5 aromatic rings. The molecule has 3 aromatic carbocycles. The molecule has 2 atom stereocenters. The minimum atomic E-state index is -0.591. The van der Waals surface area contributed by atoms with Crippen LogP contribution in [0.15, 0.2) is 91.5 Å². The average molecular weight is 491 g/mol. The number of nitrogens with zero attached hydrogens (tertiary/aromatic N) is 2. The number of carbonyl (C=O) groups is 2. The van der Waals surface area contributed by atoms with Gasteiger partial charge in [0.05, 0.1) is 5.56 Å². The second-order valence-corrected chi connectivity index (χ2v) is 9.35. The highest BCUT2D eigenvalue weighted by Gasteiger charge is 2.44. The van der Waals surface area contributed by atoms with Crippen LogP contribution in [0.1, 0.15) is 33.8 Å². The highest BCUT2D eigenvalue weighted by molar-refractivity contribution is 5.98. The second-order valence-electron chi connectivity index (χ2n) is 9.35. The second kappa shape index (κ2) is 9.43. The molecule has 6 nitrogen and oxygen atoms in total. The van der Waals surface area contributed by atoms with Gasteiger partial charge in [-0.25, -0.2) is 4.39 Å². The first kappa shape index (κ1) is 22.8. The van der Waals surface area contributed by atoms with Crippen LogP contribution in [0.5, 0.6) is 0 Å². The zero-order valence-electron chi connectivity index (χ0n) is 19.8. The van der Waals surface area contributed by atoms with Crippen molar-refractivity contribution in [1.82, 2.24) is 15.3 Å². The number of rotatable bonds is 6. The van der Waals surface area contributed by atoms with Crippen molar-refractivity contribution >= 4 is 39.0 Å². The fourth-order valence-electron chi connectivity index (χ4n) is 4.72. The molecule has 37 heavy (non-hydrogen) atoms. The molecule has 0 bridgehead atoms. The van der Waals surface area contributed by atoms with Gasteiger partial charge in [-0.15, -0.1) is 0 Å². The lowest BCUT2D eigenvalue weighted by Crippen LogP contribution is -2.24. The molecule has 2 aromatic heterocycles. The van der Waals surface area contributed by atoms with E-state index in [0.29, 0.717) is 6.42 Å². The Bertz CT molecular complexity index is 1670. The third-order valence-corrected chi connectivity index (χ3v) is 6.86. The molecular formula is C30H23FN4O2. The molecule has 2 unspecified atom stereocenters. The Hall–Kier alpha value is -4.65. The van der Waals surface area contributed by atoms with Gasteiger partial charge in [-0.3, -0.25) is 19.6 Å². The van der Waals surface area contributed by atoms with Crippen LogP contribution >= 0.6 is 0 Å². The van der Waals surface area contributed by atoms with Crippen LogP contribution in [0, 0.1) is 11.7 Å². The molecule has 1 aliphatic rings. The van der Waals surface area contributed by atoms with Crippen molar-refractivity contribution < 1.29 is 14.0 Å². The quantitative estimate of drug-likeness (QED) is 0.325. The van der Waals surface area contributed by atoms with Gasteiger partial charge < -0.3 is 10.6 Å². The lowest BCUT2D eigenvalue weighted by atomic mass is 10.0. The molecule has 0 spiro atoms. The van der Waals surface area contributed by atoms with Crippen LogP contribution < -0.4 is 10.6 Å². The first-order valence-corrected chi connectivity index (χ1v) is 12.1. The van der Waals surface area contributed by atoms with Crippen LogP contribution in [0.2, 0.25) is 0 Å². The number of carbonyl (C=O) groups excluding carboxylic acids is 2. The molecule has 0 radical (unpaired) electrons. The maximum Gasteiger partial charge on any atom is 0.254 e. The number of hydrogen-bond acceptors (Lipinski definition) is 4. The van der Waals surface area contributed by atoms with Gasteiger partial charge in [0, 0.05) is 53.7 Å². The number of halogens is 1. The van der Waals surface area contributed by atoms with Gasteiger partial charge in [-0.1, -0.05) is 24.3 Å². The lowest BCUT2D eigenvalue weighted by molar-refractivity contribution is -0.117. The summed E-state index contributed by atoms with van der Waals surface area (Å²) >= 11 is 0. The normalized spacial score (nSPS) is 16.5. The van der Waals surface area contributed by atoms with E-state index in [-0.39, 0.29) is 29.9 Å². The van der Waals surface area contributed by atoms with E-state index < -0.39 is 11.7 Å². The van der Waals surface area contributed by atoms with Crippen LogP contribution in [0.4, 0.5) is 10.1 Å². The van der Waals surface area contributed by atoms with E-state index in [9.17, 15) is 14.0 Å². The largest absolute Gasteiger partial charge is 0.348 e. The molecule has 2 N–H and O–H groups in total. The van der Waals surface area contributed by atoms with Gasteiger partial charge in [0.1, 0.15) is 5.82 Å². The number of fused-ring (bicyclic) bond motifs is 2. The predicted octanol–water partition coefficient (Wildman–Crippen LogP) is 5.59. The van der Waals surface area contributed by atoms with Gasteiger partial charge in [0.15, 0.2) is 0 Å². The summed E-state index contributed by atoms with van der Waals surface area (Å²) in [5.41, 5.74) is 2.33. The Morgan fingerprint density at radius 1 is 0.838 bits per heavy atom. The Balaban J connectivity index is 1.08. The van der Waals surface area contributed by atoms with Crippen molar-refractivity contribution in [3.63, 3.8) is 0 Å². The molecule has 0 saturated heterocycles. The summed E-state index contributed by atoms with van der Waals surface area (Å²) in [6, 6.07) is 19.9. The molecule has 1 fully saturated rings. The minimum absolute atomic E-state index is 0.0153. The number of amides is 2. The molecule has 7 heteroatoms. The van der Waals surface area contributed by atoms with E-state index in [1.807, 2.05) is 48.5 Å². The Morgan fingerprint density at radius 3 is 2.46 bits per heavy atom. The van der Waals surface area contributed by atoms with Crippen molar-refractivity contribution in [1.29, 1.82) is 0 Å². The summed E-state index contributed by atoms with van der Waals surface area (Å²) < 4.78 is 14.9. The molecule has 6 rings (SSSR count). The van der Waals surface area contributed by atoms with E-state index in [1.54, 1.807) is 30.9 Å². The summed E-state index contributed by atoms with van der Waals surface area (Å²) in [5.74, 6) is -1.46. The molecule has 1 aliphatic carbocycles. The van der Waals surface area contributed by atoms with Crippen molar-refractivity contribution in [2.45, 2.75) is 18.9 Å². The summed E-state index contributed by atoms with van der Waals surface area (Å²) in [7, 11) is 0. The monoisotopic (exact) mass is 490 g/mol. The van der Waals surface area contributed by atoms with Crippen LogP contribution in [0.25, 0.3) is 21.5 Å². The van der Waals surface area contributed by atoms with Gasteiger partial charge in [0.25, 0.3) is 5.91 Å². The molecule has 2 amide bonds. The summed E-state index contributed by atoms with van der Waals surface area (Å²) in [6.45, 7) is 0.279. The maximum absolute atomic E-state index is 14.9. The van der Waals surface area contributed by atoms with Gasteiger partial charge in [-0.2, -0.15) is 0 Å². The Kier molecular flexibility index (Phi) is 5.81. The fraction of sp³-hybridized carbons (Fsp3) is 0.133. The molecule has 1 saturated carbocycles. The first-order valence-electron chi connectivity index (χ1n) is 12.1. The van der Waals surface area contributed by atoms with Gasteiger partial charge in [0.2, 0.25) is 5.91 Å². The number of benzene rings is 3. The summed E-state index contributed by atoms with van der Waals surface area (Å²) in [4.78, 5) is 33.6. The maximum atomic E-state index is 14.9. The van der Waals surface area contributed by atoms with Crippen molar-refractivity contribution in [3.8, 4) is 0 Å². The number of pyridine rings is 2. The van der Waals surface area contributed by atoms with Crippen LogP contribution in [-0.2, 0) is 11.3 Å². The van der Waals surface area contributed by atoms with E-state index in [1.165, 1.54) is 12.1 Å². The zero-order chi connectivity index (χ0) is 25.4. The molecule has 2 heterocycles. The lowest BCUT2D eigenvalue weighted by Gasteiger charge is -2.09. The van der Waals surface area contributed by atoms with E-state index >= 15 is 0 Å². The van der Waals surface area contributed by atoms with Crippen molar-refractivity contribution in [2.24, 2.45) is 5.92 Å². The standard InChI is InChI=1S/C30H23FN4O2/c31-28-13-21(26-14-27(26)30(37)35-24-5-3-22-16-32-10-8-20(22)12-24)4-6-25(28)29(36)34-15-18-1-2-19-7-9-33-17-23(19)11-18/h1-13,16-17,26-27H,14-15H2,(H,34,36)(H,35,37). The Labute approximate surface area is 212 Å². The highest BCUT2D eigenvalue weighted by atomic mass is 19.1. The van der Waals surface area contributed by atoms with E-state index in [2.05, 4.69) is 20.6 Å². The van der Waals surface area contributed by atoms with Crippen LogP contribution in [-0.4, -0.2) is 21.8 Å². The summed E-state index contributed by atoms with van der Waals surface area (Å²) in [6.07, 6.45) is 7.63. The van der Waals surface area contributed by atoms with Crippen molar-refractivity contribution in [2.75, 3.05) is 5.32 Å². The molecule has 182 valence electrons. The summed E-state index contributed by atoms with van der Waals surface area (Å²) in [5, 5.41) is 9.78. The first-order chi connectivity index (χ1) is 18.0. The Morgan fingerprint density at radius 2 is 1.62 bits per heavy atom. The topological polar surface area (TPSA) is 84.0 Å². The highest BCUT2D eigenvalue weighted by Crippen LogP contribution is 2.48. The number of hydrogen-bond donors (Lipinski definition) is 2. The third-order valence-electron chi connectivity index (χ3n) is 6.86.